The fraction of sp³-hybridized carbons (Fsp3) is 0.667. The Bertz CT molecular complexity index is 576. The first-order valence-electron chi connectivity index (χ1n) is 11.5. The molecule has 0 aromatic heterocycles. The first-order valence-corrected chi connectivity index (χ1v) is 11.5. The fourth-order valence-electron chi connectivity index (χ4n) is 3.54. The number of hydrogen-bond donors (Lipinski definition) is 4. The van der Waals surface area contributed by atoms with Crippen LogP contribution in [0.25, 0.3) is 0 Å². The van der Waals surface area contributed by atoms with Gasteiger partial charge in [0.25, 0.3) is 0 Å². The molecule has 1 aromatic rings. The van der Waals surface area contributed by atoms with E-state index in [1.165, 1.54) is 64.2 Å². The minimum atomic E-state index is -1.49. The summed E-state index contributed by atoms with van der Waals surface area (Å²) in [6.45, 7) is 2.84. The number of amides is 1. The highest BCUT2D eigenvalue weighted by Gasteiger charge is 2.37. The van der Waals surface area contributed by atoms with E-state index >= 15 is 0 Å². The predicted molar refractivity (Wildman–Crippen MR) is 123 cm³/mol. The van der Waals surface area contributed by atoms with Crippen molar-refractivity contribution in [3.63, 3.8) is 0 Å². The van der Waals surface area contributed by atoms with Gasteiger partial charge in [-0.05, 0) is 12.0 Å². The molecule has 1 aromatic carbocycles. The lowest BCUT2D eigenvalue weighted by atomic mass is 9.89. The number of carbonyl (C=O) groups is 1. The predicted octanol–water partition coefficient (Wildman–Crippen LogP) is 4.68. The van der Waals surface area contributed by atoms with E-state index < -0.39 is 5.54 Å². The van der Waals surface area contributed by atoms with E-state index in [2.05, 4.69) is 12.2 Å². The normalized spacial score (nSPS) is 13.0. The Morgan fingerprint density at radius 2 is 1.38 bits per heavy atom. The van der Waals surface area contributed by atoms with E-state index in [4.69, 9.17) is 16.9 Å². The Hall–Kier alpha value is -1.88. The van der Waals surface area contributed by atoms with Crippen molar-refractivity contribution in [3.8, 4) is 0 Å². The first kappa shape index (κ1) is 25.2. The SMILES string of the molecule is CCCCCCCCCCCCCCNC(=O)[C@@](N)(Cc1ccccc1)C(=N)N. The van der Waals surface area contributed by atoms with Crippen LogP contribution in [0.15, 0.2) is 30.3 Å². The minimum Gasteiger partial charge on any atom is -0.386 e. The lowest BCUT2D eigenvalue weighted by molar-refractivity contribution is -0.124. The van der Waals surface area contributed by atoms with Crippen molar-refractivity contribution in [2.24, 2.45) is 11.5 Å². The van der Waals surface area contributed by atoms with Gasteiger partial charge in [0.05, 0.1) is 0 Å². The third-order valence-corrected chi connectivity index (χ3v) is 5.53. The van der Waals surface area contributed by atoms with Gasteiger partial charge >= 0.3 is 0 Å². The van der Waals surface area contributed by atoms with Crippen molar-refractivity contribution in [2.75, 3.05) is 6.54 Å². The van der Waals surface area contributed by atoms with Gasteiger partial charge < -0.3 is 16.8 Å². The summed E-state index contributed by atoms with van der Waals surface area (Å²) < 4.78 is 0. The maximum absolute atomic E-state index is 12.6. The van der Waals surface area contributed by atoms with Crippen LogP contribution in [0.5, 0.6) is 0 Å². The van der Waals surface area contributed by atoms with E-state index in [0.717, 1.165) is 18.4 Å². The van der Waals surface area contributed by atoms with Gasteiger partial charge in [-0.1, -0.05) is 108 Å². The molecule has 29 heavy (non-hydrogen) atoms. The van der Waals surface area contributed by atoms with Crippen molar-refractivity contribution in [2.45, 2.75) is 95.9 Å². The molecule has 6 N–H and O–H groups in total. The standard InChI is InChI=1S/C24H42N4O/c1-2-3-4-5-6-7-8-9-10-11-12-16-19-28-23(29)24(27,22(25)26)20-21-17-14-13-15-18-21/h13-15,17-18H,2-12,16,19-20,27H2,1H3,(H3,25,26)(H,28,29)/t24-/m1/s1. The van der Waals surface area contributed by atoms with Gasteiger partial charge in [-0.25, -0.2) is 0 Å². The molecule has 164 valence electrons. The van der Waals surface area contributed by atoms with Crippen LogP contribution >= 0.6 is 0 Å². The van der Waals surface area contributed by atoms with Gasteiger partial charge in [0.1, 0.15) is 5.84 Å². The highest BCUT2D eigenvalue weighted by atomic mass is 16.2. The molecule has 0 heterocycles. The van der Waals surface area contributed by atoms with E-state index in [-0.39, 0.29) is 18.2 Å². The summed E-state index contributed by atoms with van der Waals surface area (Å²) in [5.74, 6) is -0.662. The van der Waals surface area contributed by atoms with Gasteiger partial charge in [-0.2, -0.15) is 0 Å². The molecule has 0 radical (unpaired) electrons. The smallest absolute Gasteiger partial charge is 0.248 e. The molecule has 0 fully saturated rings. The molecule has 0 saturated carbocycles. The maximum atomic E-state index is 12.6. The number of nitrogens with two attached hydrogens (primary N) is 2. The number of benzene rings is 1. The van der Waals surface area contributed by atoms with Crippen LogP contribution in [-0.4, -0.2) is 23.8 Å². The highest BCUT2D eigenvalue weighted by molar-refractivity contribution is 6.10. The Balaban J connectivity index is 2.13. The number of hydrogen-bond acceptors (Lipinski definition) is 3. The largest absolute Gasteiger partial charge is 0.386 e. The van der Waals surface area contributed by atoms with Crippen molar-refractivity contribution >= 4 is 11.7 Å². The average molecular weight is 403 g/mol. The third-order valence-electron chi connectivity index (χ3n) is 5.53. The summed E-state index contributed by atoms with van der Waals surface area (Å²) >= 11 is 0. The maximum Gasteiger partial charge on any atom is 0.248 e. The molecule has 5 nitrogen and oxygen atoms in total. The van der Waals surface area contributed by atoms with Crippen molar-refractivity contribution < 1.29 is 4.79 Å². The number of nitrogens with one attached hydrogen (secondary N) is 2. The zero-order valence-corrected chi connectivity index (χ0v) is 18.3. The van der Waals surface area contributed by atoms with Crippen LogP contribution in [0.1, 0.15) is 89.5 Å². The number of unbranched alkanes of at least 4 members (excludes halogenated alkanes) is 11. The van der Waals surface area contributed by atoms with Crippen molar-refractivity contribution in [1.29, 1.82) is 5.41 Å². The molecule has 0 aliphatic carbocycles. The molecule has 1 amide bonds. The van der Waals surface area contributed by atoms with E-state index in [9.17, 15) is 4.79 Å². The van der Waals surface area contributed by atoms with Gasteiger partial charge in [0.15, 0.2) is 5.54 Å². The molecular weight excluding hydrogens is 360 g/mol. The molecule has 0 aliphatic heterocycles. The zero-order chi connectivity index (χ0) is 21.4. The van der Waals surface area contributed by atoms with Crippen LogP contribution in [0, 0.1) is 5.41 Å². The molecule has 0 aliphatic rings. The summed E-state index contributed by atoms with van der Waals surface area (Å²) in [6.07, 6.45) is 15.6. The molecular formula is C24H42N4O. The van der Waals surface area contributed by atoms with Crippen LogP contribution in [0.2, 0.25) is 0 Å². The van der Waals surface area contributed by atoms with Gasteiger partial charge in [0, 0.05) is 13.0 Å². The summed E-state index contributed by atoms with van der Waals surface area (Å²) in [5.41, 5.74) is 11.3. The van der Waals surface area contributed by atoms with E-state index in [0.29, 0.717) is 6.54 Å². The minimum absolute atomic E-state index is 0.230. The number of rotatable bonds is 17. The second-order valence-electron chi connectivity index (χ2n) is 8.19. The lowest BCUT2D eigenvalue weighted by Gasteiger charge is -2.27. The molecule has 5 heteroatoms. The molecule has 0 bridgehead atoms. The lowest BCUT2D eigenvalue weighted by Crippen LogP contribution is -2.63. The van der Waals surface area contributed by atoms with E-state index in [1.807, 2.05) is 30.3 Å². The van der Waals surface area contributed by atoms with Crippen molar-refractivity contribution in [1.82, 2.24) is 5.32 Å². The number of amidine groups is 1. The monoisotopic (exact) mass is 402 g/mol. The summed E-state index contributed by atoms with van der Waals surface area (Å²) in [7, 11) is 0. The Labute approximate surface area is 177 Å². The fourth-order valence-corrected chi connectivity index (χ4v) is 3.54. The highest BCUT2D eigenvalue weighted by Crippen LogP contribution is 2.13. The third kappa shape index (κ3) is 10.5. The molecule has 1 rings (SSSR count). The molecule has 0 saturated heterocycles. The van der Waals surface area contributed by atoms with E-state index in [1.54, 1.807) is 0 Å². The second-order valence-corrected chi connectivity index (χ2v) is 8.19. The topological polar surface area (TPSA) is 105 Å². The average Bonchev–Trinajstić information content (AvgIpc) is 2.71. The summed E-state index contributed by atoms with van der Waals surface area (Å²) in [5, 5.41) is 10.7. The first-order chi connectivity index (χ1) is 14.0. The Kier molecular flexibility index (Phi) is 13.0. The van der Waals surface area contributed by atoms with Crippen LogP contribution in [0.4, 0.5) is 0 Å². The quantitative estimate of drug-likeness (QED) is 0.173. The molecule has 1 atom stereocenters. The summed E-state index contributed by atoms with van der Waals surface area (Å²) in [4.78, 5) is 12.6. The van der Waals surface area contributed by atoms with Crippen LogP contribution < -0.4 is 16.8 Å². The van der Waals surface area contributed by atoms with Crippen LogP contribution in [-0.2, 0) is 11.2 Å². The molecule has 0 unspecified atom stereocenters. The van der Waals surface area contributed by atoms with Gasteiger partial charge in [0.2, 0.25) is 5.91 Å². The van der Waals surface area contributed by atoms with Gasteiger partial charge in [-0.3, -0.25) is 10.2 Å². The Morgan fingerprint density at radius 3 is 1.86 bits per heavy atom. The van der Waals surface area contributed by atoms with Crippen LogP contribution in [0.3, 0.4) is 0 Å². The molecule has 0 spiro atoms. The Morgan fingerprint density at radius 1 is 0.897 bits per heavy atom. The van der Waals surface area contributed by atoms with Crippen molar-refractivity contribution in [3.05, 3.63) is 35.9 Å². The summed E-state index contributed by atoms with van der Waals surface area (Å²) in [6, 6.07) is 9.47. The number of carbonyl (C=O) groups excluding carboxylic acids is 1. The second kappa shape index (κ2) is 15.0. The zero-order valence-electron chi connectivity index (χ0n) is 18.3. The van der Waals surface area contributed by atoms with Gasteiger partial charge in [-0.15, -0.1) is 0 Å².